The van der Waals surface area contributed by atoms with Crippen LogP contribution in [-0.4, -0.2) is 42.8 Å². The summed E-state index contributed by atoms with van der Waals surface area (Å²) >= 11 is 0. The fourth-order valence-electron chi connectivity index (χ4n) is 3.33. The van der Waals surface area contributed by atoms with Gasteiger partial charge in [-0.2, -0.15) is 5.10 Å². The van der Waals surface area contributed by atoms with E-state index in [0.717, 1.165) is 60.1 Å². The maximum atomic E-state index is 4.75. The van der Waals surface area contributed by atoms with E-state index in [1.54, 1.807) is 6.33 Å². The number of fused-ring (bicyclic) bond motifs is 2. The number of anilines is 1. The number of aromatic amines is 1. The lowest BCUT2D eigenvalue weighted by atomic mass is 10.2. The first-order chi connectivity index (χ1) is 12.4. The quantitative estimate of drug-likeness (QED) is 0.610. The van der Waals surface area contributed by atoms with E-state index < -0.39 is 0 Å². The van der Waals surface area contributed by atoms with Crippen molar-refractivity contribution >= 4 is 16.9 Å². The molecule has 0 fully saturated rings. The summed E-state index contributed by atoms with van der Waals surface area (Å²) in [5.41, 5.74) is 1.93. The van der Waals surface area contributed by atoms with Crippen LogP contribution in [0.3, 0.4) is 0 Å². The third kappa shape index (κ3) is 2.44. The average Bonchev–Trinajstić information content (AvgIpc) is 3.25. The summed E-state index contributed by atoms with van der Waals surface area (Å²) in [7, 11) is 0. The molecule has 1 N–H and O–H groups in total. The van der Waals surface area contributed by atoms with E-state index in [1.807, 2.05) is 47.3 Å². The molecular weight excluding hydrogens is 314 g/mol. The Morgan fingerprint density at radius 1 is 0.960 bits per heavy atom. The number of nitrogens with zero attached hydrogens (tertiary/aromatic N) is 6. The number of aromatic nitrogens is 6. The van der Waals surface area contributed by atoms with Crippen molar-refractivity contribution in [1.82, 2.24) is 29.7 Å². The van der Waals surface area contributed by atoms with Crippen molar-refractivity contribution in [2.24, 2.45) is 0 Å². The molecule has 0 saturated carbocycles. The molecule has 3 aromatic heterocycles. The fraction of sp³-hybridized carbons (Fsp3) is 0.222. The predicted molar refractivity (Wildman–Crippen MR) is 95.3 cm³/mol. The van der Waals surface area contributed by atoms with Crippen molar-refractivity contribution in [2.45, 2.75) is 13.0 Å². The molecule has 7 nitrogen and oxygen atoms in total. The molecule has 4 aromatic rings. The Morgan fingerprint density at radius 3 is 2.80 bits per heavy atom. The fourth-order valence-corrected chi connectivity index (χ4v) is 3.33. The van der Waals surface area contributed by atoms with Gasteiger partial charge in [0.2, 0.25) is 0 Å². The van der Waals surface area contributed by atoms with Gasteiger partial charge in [0.15, 0.2) is 5.82 Å². The molecule has 124 valence electrons. The lowest BCUT2D eigenvalue weighted by molar-refractivity contribution is 0.610. The Bertz CT molecular complexity index is 993. The summed E-state index contributed by atoms with van der Waals surface area (Å²) in [5.74, 6) is 2.81. The topological polar surface area (TPSA) is 75.5 Å². The van der Waals surface area contributed by atoms with Crippen molar-refractivity contribution < 1.29 is 0 Å². The summed E-state index contributed by atoms with van der Waals surface area (Å²) < 4.78 is 2.03. The van der Waals surface area contributed by atoms with Crippen LogP contribution in [0.15, 0.2) is 48.9 Å². The molecule has 1 aliphatic heterocycles. The van der Waals surface area contributed by atoms with Crippen molar-refractivity contribution in [1.29, 1.82) is 0 Å². The van der Waals surface area contributed by atoms with Crippen LogP contribution < -0.4 is 4.90 Å². The highest BCUT2D eigenvalue weighted by Crippen LogP contribution is 2.24. The Morgan fingerprint density at radius 2 is 1.88 bits per heavy atom. The van der Waals surface area contributed by atoms with Gasteiger partial charge in [0, 0.05) is 31.3 Å². The summed E-state index contributed by atoms with van der Waals surface area (Å²) in [6.45, 7) is 2.51. The molecule has 7 heteroatoms. The van der Waals surface area contributed by atoms with Crippen LogP contribution in [0.2, 0.25) is 0 Å². The maximum absolute atomic E-state index is 4.75. The molecule has 0 radical (unpaired) electrons. The Labute approximate surface area is 144 Å². The van der Waals surface area contributed by atoms with Crippen molar-refractivity contribution in [3.05, 3.63) is 54.7 Å². The zero-order valence-corrected chi connectivity index (χ0v) is 13.6. The molecule has 0 aliphatic carbocycles. The van der Waals surface area contributed by atoms with Crippen molar-refractivity contribution in [3.63, 3.8) is 0 Å². The van der Waals surface area contributed by atoms with Crippen LogP contribution in [0.4, 0.5) is 5.82 Å². The van der Waals surface area contributed by atoms with Gasteiger partial charge in [-0.3, -0.25) is 0 Å². The van der Waals surface area contributed by atoms with Crippen LogP contribution in [0.5, 0.6) is 0 Å². The highest BCUT2D eigenvalue weighted by Gasteiger charge is 2.20. The first-order valence-corrected chi connectivity index (χ1v) is 8.41. The smallest absolute Gasteiger partial charge is 0.181 e. The Balaban J connectivity index is 1.43. The molecule has 0 unspecified atom stereocenters. The number of hydrogen-bond acceptors (Lipinski definition) is 5. The third-order valence-electron chi connectivity index (χ3n) is 4.60. The monoisotopic (exact) mass is 331 g/mol. The number of benzene rings is 1. The molecule has 5 rings (SSSR count). The largest absolute Gasteiger partial charge is 0.354 e. The second-order valence-corrected chi connectivity index (χ2v) is 6.12. The zero-order valence-electron chi connectivity index (χ0n) is 13.6. The van der Waals surface area contributed by atoms with Gasteiger partial charge in [-0.1, -0.05) is 30.3 Å². The SMILES string of the molecule is c1ccc(-c2nc3n(n2)CCN(c2ncnc4[nH]ccc24)CC3)cc1. The van der Waals surface area contributed by atoms with Crippen LogP contribution in [0.1, 0.15) is 5.82 Å². The molecule has 0 saturated heterocycles. The lowest BCUT2D eigenvalue weighted by Crippen LogP contribution is -2.27. The summed E-state index contributed by atoms with van der Waals surface area (Å²) in [4.78, 5) is 19.0. The highest BCUT2D eigenvalue weighted by atomic mass is 15.4. The highest BCUT2D eigenvalue weighted by molar-refractivity contribution is 5.87. The number of H-pyrrole nitrogens is 1. The number of nitrogens with one attached hydrogen (secondary N) is 1. The van der Waals surface area contributed by atoms with Gasteiger partial charge in [0.05, 0.1) is 11.9 Å². The van der Waals surface area contributed by atoms with E-state index in [4.69, 9.17) is 10.1 Å². The second kappa shape index (κ2) is 5.70. The first-order valence-electron chi connectivity index (χ1n) is 8.41. The summed E-state index contributed by atoms with van der Waals surface area (Å²) in [5, 5.41) is 5.76. The first kappa shape index (κ1) is 14.2. The van der Waals surface area contributed by atoms with E-state index in [0.29, 0.717) is 0 Å². The van der Waals surface area contributed by atoms with Gasteiger partial charge in [-0.25, -0.2) is 19.6 Å². The van der Waals surface area contributed by atoms with Crippen LogP contribution in [0.25, 0.3) is 22.4 Å². The van der Waals surface area contributed by atoms with Gasteiger partial charge < -0.3 is 9.88 Å². The van der Waals surface area contributed by atoms with E-state index in [1.165, 1.54) is 0 Å². The molecular formula is C18H17N7. The summed E-state index contributed by atoms with van der Waals surface area (Å²) in [6, 6.07) is 12.2. The predicted octanol–water partition coefficient (Wildman–Crippen LogP) is 2.28. The van der Waals surface area contributed by atoms with Gasteiger partial charge in [0.25, 0.3) is 0 Å². The second-order valence-electron chi connectivity index (χ2n) is 6.12. The third-order valence-corrected chi connectivity index (χ3v) is 4.60. The minimum absolute atomic E-state index is 0.797. The van der Waals surface area contributed by atoms with Gasteiger partial charge in [-0.15, -0.1) is 0 Å². The molecule has 4 heterocycles. The minimum Gasteiger partial charge on any atom is -0.354 e. The van der Waals surface area contributed by atoms with Crippen molar-refractivity contribution in [2.75, 3.05) is 18.0 Å². The normalized spacial score (nSPS) is 14.5. The van der Waals surface area contributed by atoms with E-state index in [2.05, 4.69) is 19.9 Å². The van der Waals surface area contributed by atoms with Crippen LogP contribution >= 0.6 is 0 Å². The van der Waals surface area contributed by atoms with E-state index in [9.17, 15) is 0 Å². The van der Waals surface area contributed by atoms with E-state index in [-0.39, 0.29) is 0 Å². The van der Waals surface area contributed by atoms with Crippen LogP contribution in [0, 0.1) is 0 Å². The molecule has 0 bridgehead atoms. The Kier molecular flexibility index (Phi) is 3.22. The van der Waals surface area contributed by atoms with Gasteiger partial charge in [0.1, 0.15) is 23.6 Å². The molecule has 1 aliphatic rings. The molecule has 0 spiro atoms. The lowest BCUT2D eigenvalue weighted by Gasteiger charge is -2.21. The molecule has 1 aromatic carbocycles. The summed E-state index contributed by atoms with van der Waals surface area (Å²) in [6.07, 6.45) is 4.36. The van der Waals surface area contributed by atoms with E-state index >= 15 is 0 Å². The molecule has 0 amide bonds. The molecule has 25 heavy (non-hydrogen) atoms. The average molecular weight is 331 g/mol. The standard InChI is InChI=1S/C18H17N7/c1-2-4-13(5-3-1)16-22-15-7-9-24(10-11-25(15)23-16)18-14-6-8-19-17(14)20-12-21-18/h1-6,8,12H,7,9-11H2,(H,19,20,21). The number of hydrogen-bond donors (Lipinski definition) is 1. The van der Waals surface area contributed by atoms with Gasteiger partial charge >= 0.3 is 0 Å². The number of rotatable bonds is 2. The zero-order chi connectivity index (χ0) is 16.6. The van der Waals surface area contributed by atoms with Crippen LogP contribution in [-0.2, 0) is 13.0 Å². The Hall–Kier alpha value is -3.22. The van der Waals surface area contributed by atoms with Crippen molar-refractivity contribution in [3.8, 4) is 11.4 Å². The maximum Gasteiger partial charge on any atom is 0.181 e. The van der Waals surface area contributed by atoms with Gasteiger partial charge in [-0.05, 0) is 6.07 Å². The molecule has 0 atom stereocenters. The minimum atomic E-state index is 0.797.